The highest BCUT2D eigenvalue weighted by molar-refractivity contribution is 9.10. The smallest absolute Gasteiger partial charge is 0.311 e. The van der Waals surface area contributed by atoms with Crippen molar-refractivity contribution in [1.29, 1.82) is 0 Å². The molecule has 0 amide bonds. The molecule has 0 aromatic carbocycles. The van der Waals surface area contributed by atoms with E-state index in [4.69, 9.17) is 0 Å². The Morgan fingerprint density at radius 3 is 3.00 bits per heavy atom. The maximum absolute atomic E-state index is 10.8. The minimum absolute atomic E-state index is 0.0705. The summed E-state index contributed by atoms with van der Waals surface area (Å²) in [5, 5.41) is 20.3. The molecule has 0 radical (unpaired) electrons. The number of aromatic amines is 1. The zero-order valence-electron chi connectivity index (χ0n) is 8.55. The van der Waals surface area contributed by atoms with Gasteiger partial charge < -0.3 is 5.32 Å². The topological polar surface area (TPSA) is 96.7 Å². The second-order valence-electron chi connectivity index (χ2n) is 3.21. The Hall–Kier alpha value is -1.96. The van der Waals surface area contributed by atoms with E-state index in [1.165, 1.54) is 12.4 Å². The number of H-pyrrole nitrogens is 1. The van der Waals surface area contributed by atoms with Crippen LogP contribution in [0.2, 0.25) is 0 Å². The van der Waals surface area contributed by atoms with Crippen LogP contribution in [-0.2, 0) is 6.54 Å². The Labute approximate surface area is 105 Å². The number of nitro groups is 1. The highest BCUT2D eigenvalue weighted by Gasteiger charge is 2.16. The maximum Gasteiger partial charge on any atom is 0.311 e. The molecule has 2 N–H and O–H groups in total. The monoisotopic (exact) mass is 297 g/mol. The number of hydrogen-bond acceptors (Lipinski definition) is 5. The van der Waals surface area contributed by atoms with Gasteiger partial charge in [0.15, 0.2) is 0 Å². The van der Waals surface area contributed by atoms with Crippen molar-refractivity contribution in [2.24, 2.45) is 0 Å². The summed E-state index contributed by atoms with van der Waals surface area (Å²) in [4.78, 5) is 14.1. The van der Waals surface area contributed by atoms with E-state index in [-0.39, 0.29) is 5.69 Å². The molecule has 2 rings (SSSR count). The van der Waals surface area contributed by atoms with Gasteiger partial charge in [-0.2, -0.15) is 5.10 Å². The summed E-state index contributed by atoms with van der Waals surface area (Å²) >= 11 is 3.22. The molecule has 2 aromatic rings. The van der Waals surface area contributed by atoms with Crippen LogP contribution in [-0.4, -0.2) is 20.1 Å². The summed E-state index contributed by atoms with van der Waals surface area (Å²) in [5.41, 5.74) is 1.17. The Balaban J connectivity index is 2.22. The van der Waals surface area contributed by atoms with Crippen LogP contribution in [0.25, 0.3) is 0 Å². The summed E-state index contributed by atoms with van der Waals surface area (Å²) in [5.74, 6) is 0. The molecule has 0 aliphatic carbocycles. The summed E-state index contributed by atoms with van der Waals surface area (Å²) in [7, 11) is 0. The van der Waals surface area contributed by atoms with Crippen LogP contribution in [0.5, 0.6) is 0 Å². The van der Waals surface area contributed by atoms with Gasteiger partial charge in [0.25, 0.3) is 0 Å². The van der Waals surface area contributed by atoms with Crippen molar-refractivity contribution >= 4 is 27.3 Å². The van der Waals surface area contributed by atoms with Crippen molar-refractivity contribution in [1.82, 2.24) is 15.2 Å². The fourth-order valence-corrected chi connectivity index (χ4v) is 1.77. The zero-order valence-corrected chi connectivity index (χ0v) is 10.1. The molecule has 0 atom stereocenters. The van der Waals surface area contributed by atoms with Crippen LogP contribution in [0.1, 0.15) is 5.69 Å². The fourth-order valence-electron chi connectivity index (χ4n) is 1.30. The Morgan fingerprint density at radius 2 is 2.35 bits per heavy atom. The van der Waals surface area contributed by atoms with E-state index < -0.39 is 4.92 Å². The number of halogens is 1. The van der Waals surface area contributed by atoms with Crippen LogP contribution in [0, 0.1) is 10.1 Å². The third-order valence-electron chi connectivity index (χ3n) is 2.09. The number of nitrogens with zero attached hydrogens (tertiary/aromatic N) is 3. The van der Waals surface area contributed by atoms with Gasteiger partial charge in [-0.05, 0) is 22.0 Å². The summed E-state index contributed by atoms with van der Waals surface area (Å²) in [6.45, 7) is 0.420. The SMILES string of the molecule is O=[N+]([O-])c1cncc(Br)c1NCc1ccn[nH]1. The first-order valence-electron chi connectivity index (χ1n) is 4.68. The second kappa shape index (κ2) is 4.91. The lowest BCUT2D eigenvalue weighted by atomic mass is 10.3. The second-order valence-corrected chi connectivity index (χ2v) is 4.06. The molecular formula is C9H8BrN5O2. The minimum atomic E-state index is -0.479. The van der Waals surface area contributed by atoms with Gasteiger partial charge in [0, 0.05) is 12.4 Å². The molecule has 2 heterocycles. The van der Waals surface area contributed by atoms with Crippen LogP contribution in [0.3, 0.4) is 0 Å². The molecule has 0 aliphatic heterocycles. The predicted molar refractivity (Wildman–Crippen MR) is 64.5 cm³/mol. The molecule has 0 spiro atoms. The molecule has 88 valence electrons. The van der Waals surface area contributed by atoms with E-state index in [0.717, 1.165) is 5.69 Å². The minimum Gasteiger partial charge on any atom is -0.373 e. The van der Waals surface area contributed by atoms with Crippen LogP contribution < -0.4 is 5.32 Å². The third-order valence-corrected chi connectivity index (χ3v) is 2.69. The lowest BCUT2D eigenvalue weighted by molar-refractivity contribution is -0.384. The van der Waals surface area contributed by atoms with Crippen molar-refractivity contribution in [3.63, 3.8) is 0 Å². The maximum atomic E-state index is 10.8. The van der Waals surface area contributed by atoms with Crippen molar-refractivity contribution < 1.29 is 4.92 Å². The molecular weight excluding hydrogens is 290 g/mol. The molecule has 8 heteroatoms. The first-order chi connectivity index (χ1) is 8.18. The van der Waals surface area contributed by atoms with Gasteiger partial charge in [0.1, 0.15) is 11.9 Å². The van der Waals surface area contributed by atoms with Crippen molar-refractivity contribution in [2.75, 3.05) is 5.32 Å². The van der Waals surface area contributed by atoms with E-state index in [0.29, 0.717) is 16.7 Å². The van der Waals surface area contributed by atoms with Crippen molar-refractivity contribution in [2.45, 2.75) is 6.54 Å². The molecule has 0 saturated heterocycles. The lowest BCUT2D eigenvalue weighted by Crippen LogP contribution is -2.04. The van der Waals surface area contributed by atoms with Crippen LogP contribution in [0.4, 0.5) is 11.4 Å². The van der Waals surface area contributed by atoms with Gasteiger partial charge in [-0.25, -0.2) is 0 Å². The first kappa shape index (κ1) is 11.5. The van der Waals surface area contributed by atoms with Gasteiger partial charge >= 0.3 is 5.69 Å². The Kier molecular flexibility index (Phi) is 3.33. The molecule has 2 aromatic heterocycles. The number of rotatable bonds is 4. The lowest BCUT2D eigenvalue weighted by Gasteiger charge is -2.07. The molecule has 0 saturated carbocycles. The van der Waals surface area contributed by atoms with Gasteiger partial charge in [-0.1, -0.05) is 0 Å². The molecule has 17 heavy (non-hydrogen) atoms. The summed E-state index contributed by atoms with van der Waals surface area (Å²) in [6, 6.07) is 1.79. The normalized spacial score (nSPS) is 10.2. The van der Waals surface area contributed by atoms with E-state index in [1.54, 1.807) is 12.3 Å². The fraction of sp³-hybridized carbons (Fsp3) is 0.111. The number of hydrogen-bond donors (Lipinski definition) is 2. The van der Waals surface area contributed by atoms with E-state index in [2.05, 4.69) is 36.4 Å². The van der Waals surface area contributed by atoms with Crippen molar-refractivity contribution in [3.8, 4) is 0 Å². The van der Waals surface area contributed by atoms with E-state index >= 15 is 0 Å². The molecule has 0 fully saturated rings. The standard InChI is InChI=1S/C9H8BrN5O2/c10-7-4-11-5-8(15(16)17)9(7)12-3-6-1-2-13-14-6/h1-2,4-5H,3H2,(H,11,12)(H,13,14). The van der Waals surface area contributed by atoms with Crippen LogP contribution in [0.15, 0.2) is 29.1 Å². The van der Waals surface area contributed by atoms with Gasteiger partial charge in [0.05, 0.1) is 21.6 Å². The van der Waals surface area contributed by atoms with Crippen LogP contribution >= 0.6 is 15.9 Å². The highest BCUT2D eigenvalue weighted by atomic mass is 79.9. The Morgan fingerprint density at radius 1 is 1.53 bits per heavy atom. The van der Waals surface area contributed by atoms with Gasteiger partial charge in [0.2, 0.25) is 0 Å². The summed E-state index contributed by atoms with van der Waals surface area (Å²) in [6.07, 6.45) is 4.33. The summed E-state index contributed by atoms with van der Waals surface area (Å²) < 4.78 is 0.547. The van der Waals surface area contributed by atoms with Crippen molar-refractivity contribution in [3.05, 3.63) is 44.9 Å². The first-order valence-corrected chi connectivity index (χ1v) is 5.48. The number of anilines is 1. The zero-order chi connectivity index (χ0) is 12.3. The quantitative estimate of drug-likeness (QED) is 0.665. The van der Waals surface area contributed by atoms with E-state index in [1.807, 2.05) is 0 Å². The third kappa shape index (κ3) is 2.59. The Bertz CT molecular complexity index is 528. The van der Waals surface area contributed by atoms with Gasteiger partial charge in [-0.3, -0.25) is 20.2 Å². The average molecular weight is 298 g/mol. The predicted octanol–water partition coefficient (Wildman–Crippen LogP) is 2.09. The van der Waals surface area contributed by atoms with Gasteiger partial charge in [-0.15, -0.1) is 0 Å². The molecule has 0 unspecified atom stereocenters. The molecule has 0 bridgehead atoms. The largest absolute Gasteiger partial charge is 0.373 e. The average Bonchev–Trinajstić information content (AvgIpc) is 2.80. The number of nitrogens with one attached hydrogen (secondary N) is 2. The molecule has 0 aliphatic rings. The highest BCUT2D eigenvalue weighted by Crippen LogP contribution is 2.31. The number of pyridine rings is 1. The van der Waals surface area contributed by atoms with E-state index in [9.17, 15) is 10.1 Å². The molecule has 7 nitrogen and oxygen atoms in total. The number of aromatic nitrogens is 3.